The van der Waals surface area contributed by atoms with Gasteiger partial charge < -0.3 is 14.3 Å². The van der Waals surface area contributed by atoms with Crippen LogP contribution in [0.3, 0.4) is 0 Å². The first-order chi connectivity index (χ1) is 14.2. The van der Waals surface area contributed by atoms with Crippen molar-refractivity contribution in [3.63, 3.8) is 0 Å². The molecule has 158 valence electrons. The largest absolute Gasteiger partial charge is 0.494 e. The Morgan fingerprint density at radius 3 is 2.50 bits per heavy atom. The molecule has 0 saturated carbocycles. The maximum Gasteiger partial charge on any atom is 0.416 e. The first kappa shape index (κ1) is 21.5. The van der Waals surface area contributed by atoms with Gasteiger partial charge in [0.25, 0.3) is 0 Å². The molecule has 3 aromatic rings. The molecule has 0 amide bonds. The topological polar surface area (TPSA) is 59.7 Å². The highest BCUT2D eigenvalue weighted by Crippen LogP contribution is 2.32. The summed E-state index contributed by atoms with van der Waals surface area (Å²) in [5, 5.41) is 8.86. The summed E-state index contributed by atoms with van der Waals surface area (Å²) >= 11 is 0. The summed E-state index contributed by atoms with van der Waals surface area (Å²) < 4.78 is 49.5. The van der Waals surface area contributed by atoms with E-state index in [0.29, 0.717) is 47.8 Å². The van der Waals surface area contributed by atoms with E-state index >= 15 is 0 Å². The molecule has 0 bridgehead atoms. The Kier molecular flexibility index (Phi) is 6.50. The van der Waals surface area contributed by atoms with E-state index in [1.807, 2.05) is 13.0 Å². The molecule has 4 nitrogen and oxygen atoms in total. The summed E-state index contributed by atoms with van der Waals surface area (Å²) in [6.45, 7) is 2.26. The van der Waals surface area contributed by atoms with Crippen LogP contribution < -0.4 is 4.74 Å². The second-order valence-electron chi connectivity index (χ2n) is 6.94. The Balaban J connectivity index is 1.56. The monoisotopic (exact) mass is 418 g/mol. The molecule has 1 aromatic heterocycles. The normalized spacial score (nSPS) is 11.5. The Hall–Kier alpha value is -3.22. The van der Waals surface area contributed by atoms with Crippen molar-refractivity contribution in [1.82, 2.24) is 0 Å². The Morgan fingerprint density at radius 2 is 1.83 bits per heavy atom. The zero-order chi connectivity index (χ0) is 21.7. The van der Waals surface area contributed by atoms with Gasteiger partial charge in [0, 0.05) is 5.56 Å². The highest BCUT2D eigenvalue weighted by atomic mass is 19.4. The number of carboxylic acids is 1. The maximum absolute atomic E-state index is 12.7. The maximum atomic E-state index is 12.7. The zero-order valence-electron chi connectivity index (χ0n) is 16.3. The molecule has 0 unspecified atom stereocenters. The zero-order valence-corrected chi connectivity index (χ0v) is 16.3. The van der Waals surface area contributed by atoms with Crippen molar-refractivity contribution in [2.75, 3.05) is 6.61 Å². The molecule has 0 aliphatic heterocycles. The quantitative estimate of drug-likeness (QED) is 0.462. The smallest absolute Gasteiger partial charge is 0.416 e. The average Bonchev–Trinajstić information content (AvgIpc) is 3.05. The second-order valence-corrected chi connectivity index (χ2v) is 6.94. The summed E-state index contributed by atoms with van der Waals surface area (Å²) in [6, 6.07) is 13.7. The van der Waals surface area contributed by atoms with E-state index in [4.69, 9.17) is 14.3 Å². The number of halogens is 3. The summed E-state index contributed by atoms with van der Waals surface area (Å²) in [4.78, 5) is 10.8. The number of rotatable bonds is 8. The van der Waals surface area contributed by atoms with Crippen LogP contribution in [-0.2, 0) is 23.8 Å². The lowest BCUT2D eigenvalue weighted by molar-refractivity contribution is -0.138. The predicted molar refractivity (Wildman–Crippen MR) is 105 cm³/mol. The van der Waals surface area contributed by atoms with Crippen LogP contribution in [0.5, 0.6) is 5.75 Å². The Bertz CT molecular complexity index is 1000. The van der Waals surface area contributed by atoms with E-state index in [1.165, 1.54) is 12.1 Å². The van der Waals surface area contributed by atoms with E-state index < -0.39 is 17.7 Å². The highest BCUT2D eigenvalue weighted by molar-refractivity contribution is 5.70. The number of hydrogen-bond acceptors (Lipinski definition) is 3. The van der Waals surface area contributed by atoms with Crippen LogP contribution in [0, 0.1) is 6.92 Å². The molecule has 2 aromatic carbocycles. The number of aliphatic carboxylic acids is 1. The van der Waals surface area contributed by atoms with Gasteiger partial charge in [-0.25, -0.2) is 0 Å². The number of carboxylic acid groups (broad SMARTS) is 1. The molecule has 1 N–H and O–H groups in total. The Morgan fingerprint density at radius 1 is 1.10 bits per heavy atom. The van der Waals surface area contributed by atoms with Gasteiger partial charge in [-0.05, 0) is 61.2 Å². The van der Waals surface area contributed by atoms with Crippen molar-refractivity contribution < 1.29 is 32.2 Å². The molecule has 0 fully saturated rings. The van der Waals surface area contributed by atoms with Gasteiger partial charge in [-0.2, -0.15) is 13.2 Å². The van der Waals surface area contributed by atoms with Crippen LogP contribution in [0.1, 0.15) is 28.9 Å². The van der Waals surface area contributed by atoms with Crippen molar-refractivity contribution in [2.45, 2.75) is 32.4 Å². The number of furan rings is 1. The number of benzene rings is 2. The Labute approximate surface area is 171 Å². The highest BCUT2D eigenvalue weighted by Gasteiger charge is 2.30. The molecular weight excluding hydrogens is 397 g/mol. The van der Waals surface area contributed by atoms with Crippen molar-refractivity contribution in [2.24, 2.45) is 0 Å². The molecule has 0 aliphatic carbocycles. The lowest BCUT2D eigenvalue weighted by atomic mass is 10.1. The fourth-order valence-electron chi connectivity index (χ4n) is 3.11. The first-order valence-corrected chi connectivity index (χ1v) is 9.43. The average molecular weight is 418 g/mol. The van der Waals surface area contributed by atoms with Crippen LogP contribution in [-0.4, -0.2) is 17.7 Å². The van der Waals surface area contributed by atoms with Crippen molar-refractivity contribution in [1.29, 1.82) is 0 Å². The SMILES string of the molecule is Cc1oc(-c2ccc(C(F)(F)F)cc2)cc1CCCOc1cccc(CC(=O)O)c1. The molecule has 3 rings (SSSR count). The minimum Gasteiger partial charge on any atom is -0.494 e. The van der Waals surface area contributed by atoms with E-state index in [0.717, 1.165) is 17.7 Å². The van der Waals surface area contributed by atoms with Gasteiger partial charge in [-0.1, -0.05) is 24.3 Å². The molecule has 30 heavy (non-hydrogen) atoms. The number of hydrogen-bond donors (Lipinski definition) is 1. The standard InChI is InChI=1S/C23H21F3O4/c1-15-18(5-3-11-29-20-6-2-4-16(12-20)13-22(27)28)14-21(30-15)17-7-9-19(10-8-17)23(24,25)26/h2,4,6-10,12,14H,3,5,11,13H2,1H3,(H,27,28). The van der Waals surface area contributed by atoms with Crippen LogP contribution in [0.15, 0.2) is 59.0 Å². The first-order valence-electron chi connectivity index (χ1n) is 9.43. The van der Waals surface area contributed by atoms with Crippen molar-refractivity contribution in [3.05, 3.63) is 77.0 Å². The third kappa shape index (κ3) is 5.65. The van der Waals surface area contributed by atoms with E-state index in [1.54, 1.807) is 24.3 Å². The number of alkyl halides is 3. The fourth-order valence-corrected chi connectivity index (χ4v) is 3.11. The molecule has 7 heteroatoms. The summed E-state index contributed by atoms with van der Waals surface area (Å²) in [5.41, 5.74) is 1.53. The fraction of sp³-hybridized carbons (Fsp3) is 0.261. The summed E-state index contributed by atoms with van der Waals surface area (Å²) in [5.74, 6) is 0.960. The van der Waals surface area contributed by atoms with Crippen LogP contribution in [0.25, 0.3) is 11.3 Å². The minimum atomic E-state index is -4.37. The van der Waals surface area contributed by atoms with Gasteiger partial charge in [-0.15, -0.1) is 0 Å². The van der Waals surface area contributed by atoms with Crippen LogP contribution >= 0.6 is 0 Å². The number of aryl methyl sites for hydroxylation is 2. The van der Waals surface area contributed by atoms with Gasteiger partial charge in [-0.3, -0.25) is 4.79 Å². The van der Waals surface area contributed by atoms with Gasteiger partial charge in [0.15, 0.2) is 0 Å². The van der Waals surface area contributed by atoms with E-state index in [-0.39, 0.29) is 6.42 Å². The van der Waals surface area contributed by atoms with Gasteiger partial charge in [0.1, 0.15) is 17.3 Å². The van der Waals surface area contributed by atoms with E-state index in [9.17, 15) is 18.0 Å². The lowest BCUT2D eigenvalue weighted by Crippen LogP contribution is -2.03. The summed E-state index contributed by atoms with van der Waals surface area (Å²) in [6.07, 6.45) is -3.03. The predicted octanol–water partition coefficient (Wildman–Crippen LogP) is 5.91. The number of ether oxygens (including phenoxy) is 1. The molecule has 0 atom stereocenters. The lowest BCUT2D eigenvalue weighted by Gasteiger charge is -2.07. The van der Waals surface area contributed by atoms with Crippen LogP contribution in [0.4, 0.5) is 13.2 Å². The molecule has 0 radical (unpaired) electrons. The van der Waals surface area contributed by atoms with Gasteiger partial charge >= 0.3 is 12.1 Å². The molecule has 0 saturated heterocycles. The van der Waals surface area contributed by atoms with E-state index in [2.05, 4.69) is 0 Å². The third-order valence-corrected chi connectivity index (χ3v) is 4.63. The second kappa shape index (κ2) is 9.07. The molecule has 0 spiro atoms. The molecule has 0 aliphatic rings. The number of carbonyl (C=O) groups is 1. The minimum absolute atomic E-state index is 0.0574. The van der Waals surface area contributed by atoms with Gasteiger partial charge in [0.05, 0.1) is 18.6 Å². The molecule has 1 heterocycles. The van der Waals surface area contributed by atoms with Crippen molar-refractivity contribution >= 4 is 5.97 Å². The third-order valence-electron chi connectivity index (χ3n) is 4.63. The summed E-state index contributed by atoms with van der Waals surface area (Å²) in [7, 11) is 0. The van der Waals surface area contributed by atoms with Crippen LogP contribution in [0.2, 0.25) is 0 Å². The molecular formula is C23H21F3O4. The van der Waals surface area contributed by atoms with Gasteiger partial charge in [0.2, 0.25) is 0 Å². The van der Waals surface area contributed by atoms with Crippen molar-refractivity contribution in [3.8, 4) is 17.1 Å².